The summed E-state index contributed by atoms with van der Waals surface area (Å²) < 4.78 is 30.2. The van der Waals surface area contributed by atoms with Crippen molar-refractivity contribution in [2.45, 2.75) is 19.4 Å². The summed E-state index contributed by atoms with van der Waals surface area (Å²) in [7, 11) is 0. The zero-order chi connectivity index (χ0) is 12.4. The van der Waals surface area contributed by atoms with Crippen molar-refractivity contribution in [3.05, 3.63) is 46.0 Å². The van der Waals surface area contributed by atoms with E-state index in [0.717, 1.165) is 22.7 Å². The zero-order valence-electron chi connectivity index (χ0n) is 9.15. The summed E-state index contributed by atoms with van der Waals surface area (Å²) in [6.07, 6.45) is 0.230. The Balaban J connectivity index is 2.21. The molecule has 0 radical (unpaired) electrons. The maximum Gasteiger partial charge on any atom is 0.126 e. The van der Waals surface area contributed by atoms with Crippen LogP contribution in [0.25, 0.3) is 0 Å². The average Bonchev–Trinajstić information content (AvgIpc) is 2.70. The number of hydrogen-bond donors (Lipinski definition) is 1. The van der Waals surface area contributed by atoms with Crippen LogP contribution in [0.1, 0.15) is 22.2 Å². The molecule has 2 rings (SSSR count). The fourth-order valence-corrected chi connectivity index (χ4v) is 2.25. The van der Waals surface area contributed by atoms with Crippen LogP contribution >= 0.6 is 11.5 Å². The predicted molar refractivity (Wildman–Crippen MR) is 61.6 cm³/mol. The van der Waals surface area contributed by atoms with Crippen molar-refractivity contribution in [3.8, 4) is 0 Å². The Morgan fingerprint density at radius 1 is 1.41 bits per heavy atom. The molecule has 1 heterocycles. The van der Waals surface area contributed by atoms with Crippen molar-refractivity contribution in [1.29, 1.82) is 0 Å². The smallest absolute Gasteiger partial charge is 0.126 e. The van der Waals surface area contributed by atoms with Gasteiger partial charge in [0.15, 0.2) is 0 Å². The lowest BCUT2D eigenvalue weighted by Gasteiger charge is -2.10. The number of aromatic nitrogens is 2. The first-order valence-electron chi connectivity index (χ1n) is 5.06. The monoisotopic (exact) mass is 255 g/mol. The van der Waals surface area contributed by atoms with Gasteiger partial charge in [0, 0.05) is 6.04 Å². The molecule has 90 valence electrons. The minimum atomic E-state index is -0.465. The van der Waals surface area contributed by atoms with Crippen LogP contribution in [-0.4, -0.2) is 9.59 Å². The quantitative estimate of drug-likeness (QED) is 0.916. The van der Waals surface area contributed by atoms with Gasteiger partial charge in [-0.15, -0.1) is 5.10 Å². The van der Waals surface area contributed by atoms with E-state index in [2.05, 4.69) is 9.59 Å². The van der Waals surface area contributed by atoms with Crippen LogP contribution in [0.4, 0.5) is 8.78 Å². The van der Waals surface area contributed by atoms with E-state index in [0.29, 0.717) is 0 Å². The molecule has 0 saturated carbocycles. The second-order valence-electron chi connectivity index (χ2n) is 3.77. The summed E-state index contributed by atoms with van der Waals surface area (Å²) in [6.45, 7) is 1.79. The van der Waals surface area contributed by atoms with E-state index in [4.69, 9.17) is 5.73 Å². The maximum absolute atomic E-state index is 13.4. The third-order valence-corrected chi connectivity index (χ3v) is 3.43. The Morgan fingerprint density at radius 2 is 2.18 bits per heavy atom. The van der Waals surface area contributed by atoms with Crippen LogP contribution in [0.15, 0.2) is 18.2 Å². The van der Waals surface area contributed by atoms with Crippen molar-refractivity contribution in [2.75, 3.05) is 0 Å². The van der Waals surface area contributed by atoms with Crippen LogP contribution in [0, 0.1) is 18.6 Å². The summed E-state index contributed by atoms with van der Waals surface area (Å²) in [4.78, 5) is 0.800. The zero-order valence-corrected chi connectivity index (χ0v) is 9.97. The summed E-state index contributed by atoms with van der Waals surface area (Å²) in [6, 6.07) is 2.95. The Labute approximate surface area is 101 Å². The molecule has 17 heavy (non-hydrogen) atoms. The van der Waals surface area contributed by atoms with Crippen LogP contribution in [0.3, 0.4) is 0 Å². The molecule has 2 aromatic rings. The number of rotatable bonds is 3. The average molecular weight is 255 g/mol. The summed E-state index contributed by atoms with van der Waals surface area (Å²) in [5.74, 6) is -0.912. The molecule has 6 heteroatoms. The van der Waals surface area contributed by atoms with Gasteiger partial charge in [-0.05, 0) is 48.6 Å². The van der Waals surface area contributed by atoms with Crippen molar-refractivity contribution >= 4 is 11.5 Å². The van der Waals surface area contributed by atoms with E-state index < -0.39 is 17.7 Å². The van der Waals surface area contributed by atoms with Gasteiger partial charge in [0.05, 0.1) is 10.6 Å². The number of benzene rings is 1. The molecule has 1 unspecified atom stereocenters. The van der Waals surface area contributed by atoms with E-state index in [1.807, 2.05) is 0 Å². The van der Waals surface area contributed by atoms with E-state index in [1.165, 1.54) is 17.6 Å². The van der Waals surface area contributed by atoms with Gasteiger partial charge in [0.25, 0.3) is 0 Å². The van der Waals surface area contributed by atoms with E-state index in [1.54, 1.807) is 6.92 Å². The maximum atomic E-state index is 13.4. The number of nitrogens with two attached hydrogens (primary N) is 1. The third kappa shape index (κ3) is 2.65. The lowest BCUT2D eigenvalue weighted by molar-refractivity contribution is 0.573. The molecule has 2 N–H and O–H groups in total. The number of halogens is 2. The van der Waals surface area contributed by atoms with Crippen molar-refractivity contribution in [2.24, 2.45) is 5.73 Å². The van der Waals surface area contributed by atoms with Gasteiger partial charge in [-0.2, -0.15) is 0 Å². The second-order valence-corrected chi connectivity index (χ2v) is 4.55. The standard InChI is InChI=1S/C11H11F2N3S/c1-6-11(17-16-15-6)10(14)5-7-4-8(12)2-3-9(7)13/h2-4,10H,5,14H2,1H3. The van der Waals surface area contributed by atoms with Crippen LogP contribution < -0.4 is 5.73 Å². The summed E-state index contributed by atoms with van der Waals surface area (Å²) in [5, 5.41) is 3.84. The van der Waals surface area contributed by atoms with E-state index in [-0.39, 0.29) is 12.0 Å². The molecular formula is C11H11F2N3S. The molecule has 1 atom stereocenters. The number of aryl methyl sites for hydroxylation is 1. The molecule has 1 aromatic carbocycles. The van der Waals surface area contributed by atoms with Gasteiger partial charge in [-0.3, -0.25) is 0 Å². The van der Waals surface area contributed by atoms with Crippen LogP contribution in [-0.2, 0) is 6.42 Å². The fraction of sp³-hybridized carbons (Fsp3) is 0.273. The highest BCUT2D eigenvalue weighted by Gasteiger charge is 2.15. The lowest BCUT2D eigenvalue weighted by atomic mass is 10.0. The molecule has 0 aliphatic carbocycles. The van der Waals surface area contributed by atoms with Crippen LogP contribution in [0.5, 0.6) is 0 Å². The van der Waals surface area contributed by atoms with Gasteiger partial charge in [-0.25, -0.2) is 8.78 Å². The molecule has 3 nitrogen and oxygen atoms in total. The van der Waals surface area contributed by atoms with E-state index >= 15 is 0 Å². The largest absolute Gasteiger partial charge is 0.323 e. The van der Waals surface area contributed by atoms with Gasteiger partial charge in [0.2, 0.25) is 0 Å². The SMILES string of the molecule is Cc1nnsc1C(N)Cc1cc(F)ccc1F. The number of nitrogens with zero attached hydrogens (tertiary/aromatic N) is 2. The topological polar surface area (TPSA) is 51.8 Å². The van der Waals surface area contributed by atoms with Crippen molar-refractivity contribution in [1.82, 2.24) is 9.59 Å². The second kappa shape index (κ2) is 4.85. The molecule has 1 aromatic heterocycles. The predicted octanol–water partition coefficient (Wildman–Crippen LogP) is 2.37. The highest BCUT2D eigenvalue weighted by atomic mass is 32.1. The first kappa shape index (κ1) is 12.1. The molecule has 0 saturated heterocycles. The first-order valence-corrected chi connectivity index (χ1v) is 5.83. The highest BCUT2D eigenvalue weighted by molar-refractivity contribution is 7.05. The third-order valence-electron chi connectivity index (χ3n) is 2.47. The molecule has 0 amide bonds. The lowest BCUT2D eigenvalue weighted by Crippen LogP contribution is -2.14. The Morgan fingerprint density at radius 3 is 2.82 bits per heavy atom. The molecule has 0 bridgehead atoms. The summed E-state index contributed by atoms with van der Waals surface area (Å²) in [5.41, 5.74) is 6.94. The summed E-state index contributed by atoms with van der Waals surface area (Å²) >= 11 is 1.18. The Kier molecular flexibility index (Phi) is 3.44. The normalized spacial score (nSPS) is 12.7. The molecule has 0 aliphatic heterocycles. The van der Waals surface area contributed by atoms with Gasteiger partial charge in [-0.1, -0.05) is 4.49 Å². The fourth-order valence-electron chi connectivity index (χ4n) is 1.61. The van der Waals surface area contributed by atoms with Crippen LogP contribution in [0.2, 0.25) is 0 Å². The van der Waals surface area contributed by atoms with Gasteiger partial charge in [0.1, 0.15) is 11.6 Å². The minimum absolute atomic E-state index is 0.230. The van der Waals surface area contributed by atoms with E-state index in [9.17, 15) is 8.78 Å². The highest BCUT2D eigenvalue weighted by Crippen LogP contribution is 2.23. The molecule has 0 fully saturated rings. The van der Waals surface area contributed by atoms with Gasteiger partial charge < -0.3 is 5.73 Å². The Hall–Kier alpha value is -1.40. The molecular weight excluding hydrogens is 244 g/mol. The van der Waals surface area contributed by atoms with Crippen molar-refractivity contribution < 1.29 is 8.78 Å². The van der Waals surface area contributed by atoms with Crippen molar-refractivity contribution in [3.63, 3.8) is 0 Å². The van der Waals surface area contributed by atoms with Gasteiger partial charge >= 0.3 is 0 Å². The minimum Gasteiger partial charge on any atom is -0.323 e. The molecule has 0 aliphatic rings. The first-order chi connectivity index (χ1) is 8.08. The Bertz CT molecular complexity index is 527. The molecule has 0 spiro atoms. The number of hydrogen-bond acceptors (Lipinski definition) is 4.